The minimum absolute atomic E-state index is 0.342. The van der Waals surface area contributed by atoms with Crippen molar-refractivity contribution in [1.82, 2.24) is 0 Å². The van der Waals surface area contributed by atoms with Gasteiger partial charge in [0, 0.05) is 6.04 Å². The molecule has 3 atom stereocenters. The number of nitrogens with two attached hydrogens (primary N) is 1. The monoisotopic (exact) mass is 273 g/mol. The maximum Gasteiger partial charge on any atom is 0.0108 e. The van der Waals surface area contributed by atoms with Gasteiger partial charge < -0.3 is 5.73 Å². The molecular weight excluding hydrogens is 242 g/mol. The van der Waals surface area contributed by atoms with Crippen molar-refractivity contribution in [1.29, 1.82) is 0 Å². The quantitative estimate of drug-likeness (QED) is 0.811. The molecule has 2 N–H and O–H groups in total. The molecule has 112 valence electrons. The van der Waals surface area contributed by atoms with E-state index < -0.39 is 0 Å². The fourth-order valence-corrected chi connectivity index (χ4v) is 3.57. The second-order valence-corrected chi connectivity index (χ2v) is 6.97. The van der Waals surface area contributed by atoms with E-state index in [4.69, 9.17) is 5.73 Å². The molecule has 1 nitrogen and oxygen atoms in total. The molecule has 0 amide bonds. The molecule has 0 heterocycles. The lowest BCUT2D eigenvalue weighted by molar-refractivity contribution is 0.228. The van der Waals surface area contributed by atoms with Gasteiger partial charge in [-0.15, -0.1) is 0 Å². The molecule has 20 heavy (non-hydrogen) atoms. The normalized spacial score (nSPS) is 24.9. The zero-order valence-corrected chi connectivity index (χ0v) is 13.4. The largest absolute Gasteiger partial charge is 0.327 e. The topological polar surface area (TPSA) is 26.0 Å². The summed E-state index contributed by atoms with van der Waals surface area (Å²) in [5.41, 5.74) is 9.32. The lowest BCUT2D eigenvalue weighted by Crippen LogP contribution is -2.35. The summed E-state index contributed by atoms with van der Waals surface area (Å²) in [6, 6.07) is 9.42. The van der Waals surface area contributed by atoms with Crippen molar-refractivity contribution in [2.24, 2.45) is 17.6 Å². The number of benzene rings is 1. The minimum Gasteiger partial charge on any atom is -0.327 e. The van der Waals surface area contributed by atoms with E-state index in [1.54, 1.807) is 0 Å². The van der Waals surface area contributed by atoms with Crippen LogP contribution in [0.3, 0.4) is 0 Å². The standard InChI is InChI=1S/C19H31N/c1-4-15-6-5-7-18(12-15)19(20)13-16-8-10-17(11-9-16)14(2)3/h8-11,14-15,18-19H,4-7,12-13,20H2,1-3H3. The van der Waals surface area contributed by atoms with Crippen molar-refractivity contribution in [3.8, 4) is 0 Å². The lowest BCUT2D eigenvalue weighted by atomic mass is 9.76. The fraction of sp³-hybridized carbons (Fsp3) is 0.684. The molecule has 0 radical (unpaired) electrons. The van der Waals surface area contributed by atoms with Crippen LogP contribution in [0, 0.1) is 11.8 Å². The molecule has 1 aromatic carbocycles. The van der Waals surface area contributed by atoms with Crippen LogP contribution in [0.1, 0.15) is 69.9 Å². The van der Waals surface area contributed by atoms with E-state index in [-0.39, 0.29) is 0 Å². The number of hydrogen-bond donors (Lipinski definition) is 1. The molecule has 0 aliphatic heterocycles. The highest BCUT2D eigenvalue weighted by molar-refractivity contribution is 5.25. The maximum absolute atomic E-state index is 6.50. The van der Waals surface area contributed by atoms with E-state index in [1.807, 2.05) is 0 Å². The van der Waals surface area contributed by atoms with Gasteiger partial charge >= 0.3 is 0 Å². The summed E-state index contributed by atoms with van der Waals surface area (Å²) in [6.45, 7) is 6.81. The van der Waals surface area contributed by atoms with Gasteiger partial charge in [0.05, 0.1) is 0 Å². The highest BCUT2D eigenvalue weighted by Gasteiger charge is 2.25. The van der Waals surface area contributed by atoms with Crippen LogP contribution in [0.2, 0.25) is 0 Å². The van der Waals surface area contributed by atoms with Gasteiger partial charge in [-0.1, -0.05) is 64.3 Å². The van der Waals surface area contributed by atoms with E-state index in [9.17, 15) is 0 Å². The second-order valence-electron chi connectivity index (χ2n) is 6.97. The first-order valence-corrected chi connectivity index (χ1v) is 8.44. The third-order valence-electron chi connectivity index (χ3n) is 5.12. The predicted molar refractivity (Wildman–Crippen MR) is 87.9 cm³/mol. The molecule has 0 spiro atoms. The summed E-state index contributed by atoms with van der Waals surface area (Å²) in [5, 5.41) is 0. The molecule has 0 aromatic heterocycles. The van der Waals surface area contributed by atoms with Crippen LogP contribution in [0.5, 0.6) is 0 Å². The molecular formula is C19H31N. The van der Waals surface area contributed by atoms with Crippen molar-refractivity contribution >= 4 is 0 Å². The molecule has 1 aliphatic rings. The Morgan fingerprint density at radius 2 is 1.85 bits per heavy atom. The van der Waals surface area contributed by atoms with Gasteiger partial charge in [-0.05, 0) is 48.1 Å². The molecule has 2 rings (SSSR count). The summed E-state index contributed by atoms with van der Waals surface area (Å²) in [4.78, 5) is 0. The Kier molecular flexibility index (Phi) is 5.65. The smallest absolute Gasteiger partial charge is 0.0108 e. The zero-order valence-electron chi connectivity index (χ0n) is 13.4. The molecule has 0 bridgehead atoms. The Balaban J connectivity index is 1.91. The van der Waals surface area contributed by atoms with Crippen molar-refractivity contribution in [2.75, 3.05) is 0 Å². The Hall–Kier alpha value is -0.820. The van der Waals surface area contributed by atoms with Gasteiger partial charge in [-0.3, -0.25) is 0 Å². The number of hydrogen-bond acceptors (Lipinski definition) is 1. The van der Waals surface area contributed by atoms with Crippen LogP contribution in [0.4, 0.5) is 0 Å². The van der Waals surface area contributed by atoms with E-state index in [2.05, 4.69) is 45.0 Å². The van der Waals surface area contributed by atoms with E-state index in [0.717, 1.165) is 18.3 Å². The fourth-order valence-electron chi connectivity index (χ4n) is 3.57. The summed E-state index contributed by atoms with van der Waals surface area (Å²) in [5.74, 6) is 2.27. The van der Waals surface area contributed by atoms with Gasteiger partial charge in [-0.2, -0.15) is 0 Å². The summed E-state index contributed by atoms with van der Waals surface area (Å²) < 4.78 is 0. The SMILES string of the molecule is CCC1CCCC(C(N)Cc2ccc(C(C)C)cc2)C1. The molecule has 1 aromatic rings. The Morgan fingerprint density at radius 1 is 1.15 bits per heavy atom. The van der Waals surface area contributed by atoms with Crippen molar-refractivity contribution in [3.05, 3.63) is 35.4 Å². The maximum atomic E-state index is 6.50. The minimum atomic E-state index is 0.342. The van der Waals surface area contributed by atoms with Crippen LogP contribution in [0.25, 0.3) is 0 Å². The van der Waals surface area contributed by atoms with E-state index in [1.165, 1.54) is 43.2 Å². The Morgan fingerprint density at radius 3 is 2.45 bits per heavy atom. The van der Waals surface area contributed by atoms with E-state index >= 15 is 0 Å². The molecule has 3 unspecified atom stereocenters. The van der Waals surface area contributed by atoms with Crippen LogP contribution >= 0.6 is 0 Å². The van der Waals surface area contributed by atoms with Crippen molar-refractivity contribution in [2.45, 2.75) is 71.3 Å². The first-order valence-electron chi connectivity index (χ1n) is 8.44. The van der Waals surface area contributed by atoms with Gasteiger partial charge in [-0.25, -0.2) is 0 Å². The van der Waals surface area contributed by atoms with Crippen molar-refractivity contribution in [3.63, 3.8) is 0 Å². The van der Waals surface area contributed by atoms with Crippen LogP contribution in [-0.2, 0) is 6.42 Å². The Bertz CT molecular complexity index is 393. The molecule has 0 saturated heterocycles. The highest BCUT2D eigenvalue weighted by Crippen LogP contribution is 2.33. The summed E-state index contributed by atoms with van der Waals surface area (Å²) >= 11 is 0. The third kappa shape index (κ3) is 4.09. The molecule has 1 heteroatoms. The third-order valence-corrected chi connectivity index (χ3v) is 5.12. The second kappa shape index (κ2) is 7.26. The summed E-state index contributed by atoms with van der Waals surface area (Å²) in [6.07, 6.45) is 7.85. The first kappa shape index (κ1) is 15.6. The molecule has 1 aliphatic carbocycles. The zero-order chi connectivity index (χ0) is 14.5. The predicted octanol–water partition coefficient (Wildman–Crippen LogP) is 4.90. The first-order chi connectivity index (χ1) is 9.60. The van der Waals surface area contributed by atoms with Crippen molar-refractivity contribution < 1.29 is 0 Å². The average Bonchev–Trinajstić information content (AvgIpc) is 2.47. The van der Waals surface area contributed by atoms with Gasteiger partial charge in [0.15, 0.2) is 0 Å². The van der Waals surface area contributed by atoms with Crippen LogP contribution in [-0.4, -0.2) is 6.04 Å². The highest BCUT2D eigenvalue weighted by atomic mass is 14.7. The lowest BCUT2D eigenvalue weighted by Gasteiger charge is -2.32. The van der Waals surface area contributed by atoms with Gasteiger partial charge in [0.1, 0.15) is 0 Å². The van der Waals surface area contributed by atoms with Gasteiger partial charge in [0.2, 0.25) is 0 Å². The molecule has 1 saturated carbocycles. The van der Waals surface area contributed by atoms with Crippen LogP contribution < -0.4 is 5.73 Å². The summed E-state index contributed by atoms with van der Waals surface area (Å²) in [7, 11) is 0. The number of rotatable bonds is 5. The Labute approximate surface area is 125 Å². The average molecular weight is 273 g/mol. The van der Waals surface area contributed by atoms with Gasteiger partial charge in [0.25, 0.3) is 0 Å². The molecule has 1 fully saturated rings. The van der Waals surface area contributed by atoms with Crippen LogP contribution in [0.15, 0.2) is 24.3 Å². The van der Waals surface area contributed by atoms with E-state index in [0.29, 0.717) is 12.0 Å².